The van der Waals surface area contributed by atoms with Gasteiger partial charge in [0.1, 0.15) is 5.76 Å². The summed E-state index contributed by atoms with van der Waals surface area (Å²) in [6.45, 7) is 5.30. The number of carbonyl (C=O) groups is 1. The first-order chi connectivity index (χ1) is 12.1. The Labute approximate surface area is 146 Å². The van der Waals surface area contributed by atoms with Crippen LogP contribution in [0.3, 0.4) is 0 Å². The van der Waals surface area contributed by atoms with Crippen molar-refractivity contribution >= 4 is 5.91 Å². The summed E-state index contributed by atoms with van der Waals surface area (Å²) in [6.07, 6.45) is 5.58. The molecule has 0 spiro atoms. The summed E-state index contributed by atoms with van der Waals surface area (Å²) in [5, 5.41) is 8.02. The fourth-order valence-corrected chi connectivity index (χ4v) is 3.58. The first-order valence-electron chi connectivity index (χ1n) is 9.12. The molecule has 7 heteroatoms. The van der Waals surface area contributed by atoms with E-state index < -0.39 is 0 Å². The van der Waals surface area contributed by atoms with Crippen molar-refractivity contribution in [2.45, 2.75) is 58.3 Å². The van der Waals surface area contributed by atoms with Crippen LogP contribution < -0.4 is 0 Å². The lowest BCUT2D eigenvalue weighted by molar-refractivity contribution is -0.132. The quantitative estimate of drug-likeness (QED) is 0.829. The minimum Gasteiger partial charge on any atom is -0.361 e. The second kappa shape index (κ2) is 6.61. The van der Waals surface area contributed by atoms with E-state index in [9.17, 15) is 4.79 Å². The maximum atomic E-state index is 12.7. The van der Waals surface area contributed by atoms with Crippen molar-refractivity contribution in [3.8, 4) is 0 Å². The maximum absolute atomic E-state index is 12.7. The van der Waals surface area contributed by atoms with Crippen LogP contribution in [0, 0.1) is 19.8 Å². The van der Waals surface area contributed by atoms with Gasteiger partial charge < -0.3 is 13.9 Å². The van der Waals surface area contributed by atoms with Gasteiger partial charge in [0.05, 0.1) is 12.1 Å². The molecule has 0 radical (unpaired) electrons. The normalized spacial score (nSPS) is 20.9. The molecule has 4 rings (SSSR count). The number of amides is 1. The minimum absolute atomic E-state index is 0.142. The summed E-state index contributed by atoms with van der Waals surface area (Å²) in [4.78, 5) is 19.1. The van der Waals surface area contributed by atoms with E-state index in [1.807, 2.05) is 18.7 Å². The van der Waals surface area contributed by atoms with Crippen LogP contribution in [0.1, 0.15) is 60.3 Å². The summed E-state index contributed by atoms with van der Waals surface area (Å²) in [7, 11) is 0. The molecule has 1 atom stereocenters. The monoisotopic (exact) mass is 344 g/mol. The summed E-state index contributed by atoms with van der Waals surface area (Å²) in [6, 6.07) is 0. The number of aryl methyl sites for hydroxylation is 2. The highest BCUT2D eigenvalue weighted by Crippen LogP contribution is 2.38. The molecule has 25 heavy (non-hydrogen) atoms. The largest absolute Gasteiger partial charge is 0.361 e. The fraction of sp³-hybridized carbons (Fsp3) is 0.667. The zero-order valence-corrected chi connectivity index (χ0v) is 14.8. The molecule has 1 amide bonds. The van der Waals surface area contributed by atoms with Gasteiger partial charge in [-0.2, -0.15) is 4.98 Å². The Morgan fingerprint density at radius 1 is 1.20 bits per heavy atom. The lowest BCUT2D eigenvalue weighted by Crippen LogP contribution is -2.41. The van der Waals surface area contributed by atoms with Crippen LogP contribution >= 0.6 is 0 Å². The maximum Gasteiger partial charge on any atom is 0.227 e. The van der Waals surface area contributed by atoms with E-state index in [4.69, 9.17) is 9.05 Å². The molecule has 134 valence electrons. The van der Waals surface area contributed by atoms with Crippen molar-refractivity contribution < 1.29 is 13.8 Å². The van der Waals surface area contributed by atoms with E-state index in [1.54, 1.807) is 0 Å². The fourth-order valence-electron chi connectivity index (χ4n) is 3.58. The molecule has 3 heterocycles. The lowest BCUT2D eigenvalue weighted by Gasteiger charge is -2.32. The highest BCUT2D eigenvalue weighted by molar-refractivity contribution is 5.79. The molecule has 0 aromatic carbocycles. The van der Waals surface area contributed by atoms with Gasteiger partial charge in [0.2, 0.25) is 11.8 Å². The van der Waals surface area contributed by atoms with Crippen LogP contribution in [-0.2, 0) is 17.6 Å². The van der Waals surface area contributed by atoms with Gasteiger partial charge in [-0.25, -0.2) is 0 Å². The Kier molecular flexibility index (Phi) is 4.31. The van der Waals surface area contributed by atoms with E-state index in [1.165, 1.54) is 12.8 Å². The van der Waals surface area contributed by atoms with Crippen molar-refractivity contribution in [1.82, 2.24) is 20.2 Å². The van der Waals surface area contributed by atoms with Gasteiger partial charge in [-0.3, -0.25) is 4.79 Å². The number of hydrogen-bond acceptors (Lipinski definition) is 6. The topological polar surface area (TPSA) is 85.3 Å². The van der Waals surface area contributed by atoms with Gasteiger partial charge in [0, 0.05) is 31.0 Å². The van der Waals surface area contributed by atoms with Crippen LogP contribution in [0.15, 0.2) is 9.05 Å². The van der Waals surface area contributed by atoms with Crippen molar-refractivity contribution in [1.29, 1.82) is 0 Å². The molecule has 2 fully saturated rings. The zero-order chi connectivity index (χ0) is 17.4. The van der Waals surface area contributed by atoms with Gasteiger partial charge in [0.25, 0.3) is 0 Å². The molecule has 2 aliphatic rings. The van der Waals surface area contributed by atoms with Crippen molar-refractivity contribution in [2.24, 2.45) is 5.92 Å². The van der Waals surface area contributed by atoms with Gasteiger partial charge in [-0.05, 0) is 45.4 Å². The van der Waals surface area contributed by atoms with E-state index in [-0.39, 0.29) is 5.91 Å². The summed E-state index contributed by atoms with van der Waals surface area (Å²) >= 11 is 0. The van der Waals surface area contributed by atoms with Crippen LogP contribution in [0.25, 0.3) is 0 Å². The molecule has 0 N–H and O–H groups in total. The summed E-state index contributed by atoms with van der Waals surface area (Å²) < 4.78 is 10.6. The highest BCUT2D eigenvalue weighted by atomic mass is 16.5. The number of likely N-dealkylation sites (tertiary alicyclic amines) is 1. The average Bonchev–Trinajstić information content (AvgIpc) is 3.29. The molecule has 0 bridgehead atoms. The van der Waals surface area contributed by atoms with Gasteiger partial charge in [-0.15, -0.1) is 0 Å². The van der Waals surface area contributed by atoms with Crippen LogP contribution in [0.2, 0.25) is 0 Å². The van der Waals surface area contributed by atoms with E-state index in [0.717, 1.165) is 55.2 Å². The Balaban J connectivity index is 1.35. The molecule has 2 aromatic heterocycles. The van der Waals surface area contributed by atoms with E-state index >= 15 is 0 Å². The predicted molar refractivity (Wildman–Crippen MR) is 89.0 cm³/mol. The lowest BCUT2D eigenvalue weighted by atomic mass is 9.94. The molecule has 0 unspecified atom stereocenters. The summed E-state index contributed by atoms with van der Waals surface area (Å²) in [5.41, 5.74) is 1.72. The molecular formula is C18H24N4O3. The number of hydrogen-bond donors (Lipinski definition) is 0. The molecule has 7 nitrogen and oxygen atoms in total. The smallest absolute Gasteiger partial charge is 0.227 e. The second-order valence-electron chi connectivity index (χ2n) is 7.35. The minimum atomic E-state index is 0.142. The van der Waals surface area contributed by atoms with Crippen molar-refractivity contribution in [3.63, 3.8) is 0 Å². The highest BCUT2D eigenvalue weighted by Gasteiger charge is 2.30. The van der Waals surface area contributed by atoms with Crippen LogP contribution in [-0.4, -0.2) is 39.2 Å². The third-order valence-electron chi connectivity index (χ3n) is 5.27. The standard InChI is InChI=1S/C18H24N4O3/c1-11-15(12(2)24-20-11)9-17(23)22-7-3-4-13(10-22)8-16-19-18(21-25-16)14-5-6-14/h13-14H,3-10H2,1-2H3/t13-/m1/s1. The third kappa shape index (κ3) is 3.60. The first-order valence-corrected chi connectivity index (χ1v) is 9.12. The summed E-state index contributed by atoms with van der Waals surface area (Å²) in [5.74, 6) is 3.34. The number of rotatable bonds is 5. The number of aromatic nitrogens is 3. The van der Waals surface area contributed by atoms with Gasteiger partial charge in [0.15, 0.2) is 5.82 Å². The van der Waals surface area contributed by atoms with E-state index in [2.05, 4.69) is 15.3 Å². The number of nitrogens with zero attached hydrogens (tertiary/aromatic N) is 4. The van der Waals surface area contributed by atoms with Gasteiger partial charge >= 0.3 is 0 Å². The Morgan fingerprint density at radius 2 is 2.04 bits per heavy atom. The Bertz CT molecular complexity index is 743. The van der Waals surface area contributed by atoms with Crippen molar-refractivity contribution in [3.05, 3.63) is 28.7 Å². The van der Waals surface area contributed by atoms with Crippen LogP contribution in [0.4, 0.5) is 0 Å². The molecule has 1 aliphatic carbocycles. The predicted octanol–water partition coefficient (Wildman–Crippen LogP) is 2.58. The number of piperidine rings is 1. The molecule has 1 saturated carbocycles. The molecule has 1 saturated heterocycles. The average molecular weight is 344 g/mol. The van der Waals surface area contributed by atoms with E-state index in [0.29, 0.717) is 24.1 Å². The first kappa shape index (κ1) is 16.3. The zero-order valence-electron chi connectivity index (χ0n) is 14.8. The molecular weight excluding hydrogens is 320 g/mol. The Morgan fingerprint density at radius 3 is 2.76 bits per heavy atom. The molecule has 1 aliphatic heterocycles. The SMILES string of the molecule is Cc1noc(C)c1CC(=O)N1CCC[C@H](Cc2nc(C3CC3)no2)C1. The second-order valence-corrected chi connectivity index (χ2v) is 7.35. The van der Waals surface area contributed by atoms with Crippen LogP contribution in [0.5, 0.6) is 0 Å². The van der Waals surface area contributed by atoms with Gasteiger partial charge in [-0.1, -0.05) is 10.3 Å². The Hall–Kier alpha value is -2.18. The third-order valence-corrected chi connectivity index (χ3v) is 5.27. The molecule has 2 aromatic rings. The van der Waals surface area contributed by atoms with Crippen molar-refractivity contribution in [2.75, 3.05) is 13.1 Å². The number of carbonyl (C=O) groups excluding carboxylic acids is 1.